The van der Waals surface area contributed by atoms with Gasteiger partial charge < -0.3 is 15.1 Å². The third kappa shape index (κ3) is 4.86. The first kappa shape index (κ1) is 15.4. The van der Waals surface area contributed by atoms with E-state index in [-0.39, 0.29) is 30.9 Å². The maximum absolute atomic E-state index is 12.0. The summed E-state index contributed by atoms with van der Waals surface area (Å²) in [6.45, 7) is -0.861. The van der Waals surface area contributed by atoms with E-state index in [0.29, 0.717) is 0 Å². The lowest BCUT2D eigenvalue weighted by atomic mass is 10.1. The van der Waals surface area contributed by atoms with E-state index in [1.54, 1.807) is 0 Å². The van der Waals surface area contributed by atoms with Gasteiger partial charge in [-0.05, 0) is 6.42 Å². The third-order valence-electron chi connectivity index (χ3n) is 2.82. The van der Waals surface area contributed by atoms with Crippen molar-refractivity contribution in [3.8, 4) is 0 Å². The fourth-order valence-electron chi connectivity index (χ4n) is 1.91. The molecule has 9 heteroatoms. The summed E-state index contributed by atoms with van der Waals surface area (Å²) >= 11 is 0. The smallest absolute Gasteiger partial charge is 0.323 e. The number of hydrogen-bond donors (Lipinski definition) is 2. The summed E-state index contributed by atoms with van der Waals surface area (Å²) in [6, 6.07) is 0. The fourth-order valence-corrected chi connectivity index (χ4v) is 3.64. The molecule has 0 aliphatic carbocycles. The normalized spacial score (nSPS) is 20.9. The van der Waals surface area contributed by atoms with E-state index >= 15 is 0 Å². The predicted octanol–water partition coefficient (Wildman–Crippen LogP) is -1.19. The predicted molar refractivity (Wildman–Crippen MR) is 63.2 cm³/mol. The molecule has 0 aromatic heterocycles. The second kappa shape index (κ2) is 6.00. The number of amides is 1. The van der Waals surface area contributed by atoms with E-state index in [9.17, 15) is 22.8 Å². The second-order valence-corrected chi connectivity index (χ2v) is 6.63. The van der Waals surface area contributed by atoms with E-state index in [0.717, 1.165) is 4.90 Å². The molecule has 0 aromatic rings. The molecule has 0 radical (unpaired) electrons. The Bertz CT molecular complexity index is 484. The lowest BCUT2D eigenvalue weighted by molar-refractivity contribution is -0.147. The molecule has 1 aliphatic rings. The van der Waals surface area contributed by atoms with Crippen molar-refractivity contribution in [3.63, 3.8) is 0 Å². The van der Waals surface area contributed by atoms with Crippen LogP contribution in [0.5, 0.6) is 0 Å². The van der Waals surface area contributed by atoms with Crippen LogP contribution >= 0.6 is 0 Å². The van der Waals surface area contributed by atoms with Crippen molar-refractivity contribution in [1.82, 2.24) is 4.90 Å². The van der Waals surface area contributed by atoms with Crippen LogP contribution < -0.4 is 0 Å². The molecule has 1 unspecified atom stereocenters. The lowest BCUT2D eigenvalue weighted by Crippen LogP contribution is -2.41. The Labute approximate surface area is 109 Å². The third-order valence-corrected chi connectivity index (χ3v) is 4.58. The summed E-state index contributed by atoms with van der Waals surface area (Å²) < 4.78 is 22.6. The summed E-state index contributed by atoms with van der Waals surface area (Å²) in [5.74, 6) is -4.18. The highest BCUT2D eigenvalue weighted by molar-refractivity contribution is 7.91. The molecule has 8 nitrogen and oxygen atoms in total. The van der Waals surface area contributed by atoms with Crippen molar-refractivity contribution in [2.75, 3.05) is 24.6 Å². The van der Waals surface area contributed by atoms with Crippen LogP contribution in [0, 0.1) is 5.92 Å². The molecule has 0 saturated carbocycles. The van der Waals surface area contributed by atoms with Crippen LogP contribution in [0.15, 0.2) is 0 Å². The zero-order chi connectivity index (χ0) is 14.6. The average molecular weight is 293 g/mol. The molecule has 1 aliphatic heterocycles. The molecular weight excluding hydrogens is 278 g/mol. The molecule has 1 atom stereocenters. The Morgan fingerprint density at radius 3 is 2.21 bits per heavy atom. The maximum Gasteiger partial charge on any atom is 0.323 e. The minimum atomic E-state index is -3.24. The van der Waals surface area contributed by atoms with Gasteiger partial charge in [-0.2, -0.15) is 0 Å². The van der Waals surface area contributed by atoms with E-state index in [4.69, 9.17) is 10.2 Å². The Kier molecular flexibility index (Phi) is 4.87. The first-order chi connectivity index (χ1) is 8.71. The minimum Gasteiger partial charge on any atom is -0.481 e. The van der Waals surface area contributed by atoms with Crippen LogP contribution in [0.3, 0.4) is 0 Å². The molecule has 0 bridgehead atoms. The first-order valence-electron chi connectivity index (χ1n) is 5.64. The minimum absolute atomic E-state index is 0.0940. The van der Waals surface area contributed by atoms with Crippen molar-refractivity contribution in [3.05, 3.63) is 0 Å². The fraction of sp³-hybridized carbons (Fsp3) is 0.700. The molecule has 1 rings (SSSR count). The second-order valence-electron chi connectivity index (χ2n) is 4.40. The van der Waals surface area contributed by atoms with Gasteiger partial charge in [-0.15, -0.1) is 0 Å². The van der Waals surface area contributed by atoms with Gasteiger partial charge in [0, 0.05) is 6.54 Å². The van der Waals surface area contributed by atoms with Crippen LogP contribution in [0.2, 0.25) is 0 Å². The number of hydrogen-bond acceptors (Lipinski definition) is 5. The number of carbonyl (C=O) groups excluding carboxylic acids is 1. The van der Waals surface area contributed by atoms with E-state index in [2.05, 4.69) is 0 Å². The van der Waals surface area contributed by atoms with Gasteiger partial charge >= 0.3 is 11.9 Å². The first-order valence-corrected chi connectivity index (χ1v) is 7.46. The van der Waals surface area contributed by atoms with Crippen molar-refractivity contribution >= 4 is 27.7 Å². The zero-order valence-corrected chi connectivity index (χ0v) is 10.9. The van der Waals surface area contributed by atoms with Crippen LogP contribution in [0.4, 0.5) is 0 Å². The number of rotatable bonds is 6. The average Bonchev–Trinajstić information content (AvgIpc) is 2.63. The van der Waals surface area contributed by atoms with Gasteiger partial charge in [-0.3, -0.25) is 14.4 Å². The van der Waals surface area contributed by atoms with Gasteiger partial charge in [0.1, 0.15) is 6.54 Å². The highest BCUT2D eigenvalue weighted by Crippen LogP contribution is 2.20. The topological polar surface area (TPSA) is 129 Å². The van der Waals surface area contributed by atoms with E-state index in [1.165, 1.54) is 0 Å². The van der Waals surface area contributed by atoms with E-state index in [1.807, 2.05) is 0 Å². The van der Waals surface area contributed by atoms with Gasteiger partial charge in [0.05, 0.1) is 23.8 Å². The molecular formula is C10H15NO7S. The van der Waals surface area contributed by atoms with Gasteiger partial charge in [0.15, 0.2) is 9.84 Å². The van der Waals surface area contributed by atoms with Crippen LogP contribution in [0.1, 0.15) is 12.8 Å². The van der Waals surface area contributed by atoms with Gasteiger partial charge in [0.25, 0.3) is 0 Å². The molecule has 2 N–H and O–H groups in total. The number of nitrogens with zero attached hydrogens (tertiary/aromatic N) is 1. The molecule has 1 heterocycles. The van der Waals surface area contributed by atoms with Crippen LogP contribution in [0.25, 0.3) is 0 Å². The highest BCUT2D eigenvalue weighted by atomic mass is 32.2. The molecule has 0 spiro atoms. The summed E-state index contributed by atoms with van der Waals surface area (Å²) in [5, 5.41) is 17.2. The monoisotopic (exact) mass is 293 g/mol. The Hall–Kier alpha value is -1.64. The molecule has 0 aromatic carbocycles. The quantitative estimate of drug-likeness (QED) is 0.629. The van der Waals surface area contributed by atoms with Gasteiger partial charge in [-0.25, -0.2) is 8.42 Å². The number of carbonyl (C=O) groups is 3. The largest absolute Gasteiger partial charge is 0.481 e. The van der Waals surface area contributed by atoms with E-state index < -0.39 is 40.1 Å². The number of aliphatic carboxylic acids is 2. The van der Waals surface area contributed by atoms with Crippen LogP contribution in [-0.2, 0) is 24.2 Å². The number of carboxylic acid groups (broad SMARTS) is 2. The maximum atomic E-state index is 12.0. The molecule has 19 heavy (non-hydrogen) atoms. The van der Waals surface area contributed by atoms with Crippen molar-refractivity contribution in [2.24, 2.45) is 5.92 Å². The lowest BCUT2D eigenvalue weighted by Gasteiger charge is -2.22. The molecule has 108 valence electrons. The van der Waals surface area contributed by atoms with Crippen molar-refractivity contribution < 1.29 is 33.0 Å². The van der Waals surface area contributed by atoms with Crippen LogP contribution in [-0.4, -0.2) is 66.0 Å². The standard InChI is InChI=1S/C10H15NO7S/c12-8(13)1-3-11(5-9(14)15)10(16)7-2-4-19(17,18)6-7/h7H,1-6H2,(H,12,13)(H,14,15). The summed E-state index contributed by atoms with van der Waals surface area (Å²) in [6.07, 6.45) is -0.219. The zero-order valence-electron chi connectivity index (χ0n) is 10.1. The summed E-state index contributed by atoms with van der Waals surface area (Å²) in [4.78, 5) is 34.0. The highest BCUT2D eigenvalue weighted by Gasteiger charge is 2.35. The van der Waals surface area contributed by atoms with Crippen molar-refractivity contribution in [2.45, 2.75) is 12.8 Å². The SMILES string of the molecule is O=C(O)CCN(CC(=O)O)C(=O)C1CCS(=O)(=O)C1. The number of sulfone groups is 1. The van der Waals surface area contributed by atoms with Gasteiger partial charge in [0.2, 0.25) is 5.91 Å². The Balaban J connectivity index is 2.71. The number of carboxylic acids is 2. The molecule has 1 amide bonds. The van der Waals surface area contributed by atoms with Gasteiger partial charge in [-0.1, -0.05) is 0 Å². The van der Waals surface area contributed by atoms with Crippen molar-refractivity contribution in [1.29, 1.82) is 0 Å². The summed E-state index contributed by atoms with van der Waals surface area (Å²) in [5.41, 5.74) is 0. The molecule has 1 fully saturated rings. The summed E-state index contributed by atoms with van der Waals surface area (Å²) in [7, 11) is -3.24. The molecule has 1 saturated heterocycles. The Morgan fingerprint density at radius 1 is 1.16 bits per heavy atom. The Morgan fingerprint density at radius 2 is 1.79 bits per heavy atom.